The number of anilines is 1. The summed E-state index contributed by atoms with van der Waals surface area (Å²) in [6.45, 7) is 6.16. The number of aryl methyl sites for hydroxylation is 3. The van der Waals surface area contributed by atoms with Crippen molar-refractivity contribution in [2.45, 2.75) is 33.4 Å². The van der Waals surface area contributed by atoms with Crippen LogP contribution in [0.2, 0.25) is 0 Å². The van der Waals surface area contributed by atoms with Crippen LogP contribution in [0, 0.1) is 20.8 Å². The summed E-state index contributed by atoms with van der Waals surface area (Å²) in [6, 6.07) is 25.7. The number of ether oxygens (including phenoxy) is 1. The van der Waals surface area contributed by atoms with Gasteiger partial charge in [-0.05, 0) is 73.4 Å². The molecule has 0 aliphatic carbocycles. The molecule has 0 radical (unpaired) electrons. The number of pyridine rings is 1. The van der Waals surface area contributed by atoms with Crippen molar-refractivity contribution in [3.63, 3.8) is 0 Å². The van der Waals surface area contributed by atoms with Crippen LogP contribution in [0.15, 0.2) is 96.7 Å². The second-order valence-electron chi connectivity index (χ2n) is 10.9. The van der Waals surface area contributed by atoms with Gasteiger partial charge in [0.15, 0.2) is 10.9 Å². The summed E-state index contributed by atoms with van der Waals surface area (Å²) in [6.07, 6.45) is 1.77. The second kappa shape index (κ2) is 10.8. The van der Waals surface area contributed by atoms with Crippen molar-refractivity contribution >= 4 is 49.8 Å². The molecule has 218 valence electrons. The summed E-state index contributed by atoms with van der Waals surface area (Å²) in [4.78, 5) is 38.5. The first-order chi connectivity index (χ1) is 21.3. The highest BCUT2D eigenvalue weighted by Gasteiger charge is 2.48. The summed E-state index contributed by atoms with van der Waals surface area (Å²) in [7, 11) is 0. The summed E-state index contributed by atoms with van der Waals surface area (Å²) < 4.78 is 8.63. The number of hydrogen-bond acceptors (Lipinski definition) is 7. The molecule has 1 unspecified atom stereocenters. The highest BCUT2D eigenvalue weighted by molar-refractivity contribution is 7.22. The molecule has 1 aliphatic rings. The van der Waals surface area contributed by atoms with Gasteiger partial charge in [0.25, 0.3) is 5.78 Å². The van der Waals surface area contributed by atoms with Crippen LogP contribution in [0.25, 0.3) is 21.6 Å². The Morgan fingerprint density at radius 1 is 0.932 bits per heavy atom. The molecule has 1 amide bonds. The standard InChI is InChI=1S/C35H28N4O4S/c1-20-17-21(2)29-26(18-20)44-35(37-29)39-31(24-12-14-25(15-13-24)43-19-23-9-5-4-6-10-23)28(33(41)34(39)42)32(40)30-22(3)36-27-11-7-8-16-38(27)30/h4-18,31,40H,19H2,1-3H3. The zero-order valence-electron chi connectivity index (χ0n) is 24.3. The summed E-state index contributed by atoms with van der Waals surface area (Å²) in [5.41, 5.74) is 6.01. The number of aromatic nitrogens is 3. The van der Waals surface area contributed by atoms with E-state index in [2.05, 4.69) is 4.98 Å². The van der Waals surface area contributed by atoms with Crippen LogP contribution in [0.3, 0.4) is 0 Å². The number of carbonyl (C=O) groups excluding carboxylic acids is 2. The number of benzene rings is 3. The molecule has 1 fully saturated rings. The van der Waals surface area contributed by atoms with Crippen LogP contribution < -0.4 is 9.64 Å². The number of amides is 1. The van der Waals surface area contributed by atoms with Crippen LogP contribution in [-0.2, 0) is 16.2 Å². The van der Waals surface area contributed by atoms with Crippen LogP contribution in [-0.4, -0.2) is 31.2 Å². The molecule has 0 saturated carbocycles. The van der Waals surface area contributed by atoms with Crippen molar-refractivity contribution in [3.8, 4) is 5.75 Å². The van der Waals surface area contributed by atoms with Gasteiger partial charge in [0.05, 0.1) is 27.5 Å². The number of hydrogen-bond donors (Lipinski definition) is 1. The van der Waals surface area contributed by atoms with Crippen molar-refractivity contribution in [2.75, 3.05) is 4.90 Å². The van der Waals surface area contributed by atoms with Gasteiger partial charge in [-0.2, -0.15) is 0 Å². The van der Waals surface area contributed by atoms with Crippen molar-refractivity contribution < 1.29 is 19.4 Å². The number of nitrogens with zero attached hydrogens (tertiary/aromatic N) is 4. The second-order valence-corrected chi connectivity index (χ2v) is 11.9. The Balaban J connectivity index is 1.37. The molecule has 1 saturated heterocycles. The highest BCUT2D eigenvalue weighted by Crippen LogP contribution is 2.45. The maximum atomic E-state index is 13.8. The first-order valence-electron chi connectivity index (χ1n) is 14.2. The number of Topliss-reactive ketones (excluding diaryl/α,β-unsaturated/α-hetero) is 1. The van der Waals surface area contributed by atoms with Crippen molar-refractivity contribution in [2.24, 2.45) is 0 Å². The number of rotatable bonds is 6. The fourth-order valence-corrected chi connectivity index (χ4v) is 6.99. The molecule has 44 heavy (non-hydrogen) atoms. The summed E-state index contributed by atoms with van der Waals surface area (Å²) >= 11 is 1.35. The molecule has 8 nitrogen and oxygen atoms in total. The number of aliphatic hydroxyl groups is 1. The lowest BCUT2D eigenvalue weighted by Gasteiger charge is -2.23. The molecule has 7 rings (SSSR count). The van der Waals surface area contributed by atoms with Gasteiger partial charge in [0.1, 0.15) is 23.7 Å². The van der Waals surface area contributed by atoms with Gasteiger partial charge in [-0.3, -0.25) is 18.9 Å². The molecule has 6 aromatic rings. The molecular formula is C35H28N4O4S. The first-order valence-corrected chi connectivity index (χ1v) is 15.0. The van der Waals surface area contributed by atoms with E-state index in [1.807, 2.05) is 98.8 Å². The first kappa shape index (κ1) is 27.5. The lowest BCUT2D eigenvalue weighted by molar-refractivity contribution is -0.132. The van der Waals surface area contributed by atoms with E-state index in [0.29, 0.717) is 40.1 Å². The Bertz CT molecular complexity index is 2110. The average molecular weight is 601 g/mol. The molecule has 1 atom stereocenters. The fraction of sp³-hybridized carbons (Fsp3) is 0.143. The molecule has 9 heteroatoms. The monoisotopic (exact) mass is 600 g/mol. The van der Waals surface area contributed by atoms with Crippen molar-refractivity contribution in [3.05, 3.63) is 130 Å². The van der Waals surface area contributed by atoms with Gasteiger partial charge >= 0.3 is 5.91 Å². The van der Waals surface area contributed by atoms with E-state index in [9.17, 15) is 14.7 Å². The molecule has 1 aliphatic heterocycles. The molecule has 0 bridgehead atoms. The van der Waals surface area contributed by atoms with Crippen LogP contribution in [0.4, 0.5) is 5.13 Å². The van der Waals surface area contributed by atoms with E-state index in [1.165, 1.54) is 16.2 Å². The third kappa shape index (κ3) is 4.62. The zero-order chi connectivity index (χ0) is 30.5. The number of thiazole rings is 1. The van der Waals surface area contributed by atoms with Crippen LogP contribution >= 0.6 is 11.3 Å². The Labute approximate surface area is 257 Å². The Morgan fingerprint density at radius 2 is 1.68 bits per heavy atom. The largest absolute Gasteiger partial charge is 0.505 e. The highest BCUT2D eigenvalue weighted by atomic mass is 32.1. The predicted molar refractivity (Wildman–Crippen MR) is 171 cm³/mol. The maximum Gasteiger partial charge on any atom is 0.301 e. The van der Waals surface area contributed by atoms with Gasteiger partial charge in [0.2, 0.25) is 0 Å². The third-order valence-electron chi connectivity index (χ3n) is 7.84. The van der Waals surface area contributed by atoms with E-state index in [0.717, 1.165) is 26.9 Å². The quantitative estimate of drug-likeness (QED) is 0.125. The SMILES string of the molecule is Cc1cc(C)c2nc(N3C(=O)C(=O)C(=C(O)c4c(C)nc5ccccn45)C3c3ccc(OCc4ccccc4)cc3)sc2c1. The topological polar surface area (TPSA) is 97.0 Å². The van der Waals surface area contributed by atoms with Crippen molar-refractivity contribution in [1.82, 2.24) is 14.4 Å². The van der Waals surface area contributed by atoms with E-state index in [1.54, 1.807) is 17.5 Å². The Hall–Kier alpha value is -5.28. The van der Waals surface area contributed by atoms with Gasteiger partial charge in [-0.25, -0.2) is 9.97 Å². The number of ketones is 1. The summed E-state index contributed by atoms with van der Waals surface area (Å²) in [5.74, 6) is -1.18. The molecule has 4 heterocycles. The minimum absolute atomic E-state index is 0.0196. The maximum absolute atomic E-state index is 13.8. The Kier molecular flexibility index (Phi) is 6.74. The average Bonchev–Trinajstić information content (AvgIpc) is 3.67. The molecular weight excluding hydrogens is 572 g/mol. The van der Waals surface area contributed by atoms with Crippen LogP contribution in [0.5, 0.6) is 5.75 Å². The predicted octanol–water partition coefficient (Wildman–Crippen LogP) is 7.07. The lowest BCUT2D eigenvalue weighted by atomic mass is 9.96. The zero-order valence-corrected chi connectivity index (χ0v) is 25.1. The normalized spacial score (nSPS) is 16.3. The molecule has 3 aromatic heterocycles. The van der Waals surface area contributed by atoms with E-state index in [-0.39, 0.29) is 11.3 Å². The van der Waals surface area contributed by atoms with Gasteiger partial charge in [0, 0.05) is 6.20 Å². The number of carbonyl (C=O) groups is 2. The lowest BCUT2D eigenvalue weighted by Crippen LogP contribution is -2.29. The van der Waals surface area contributed by atoms with E-state index >= 15 is 0 Å². The Morgan fingerprint density at radius 3 is 2.45 bits per heavy atom. The number of aliphatic hydroxyl groups excluding tert-OH is 1. The number of imidazole rings is 1. The molecule has 0 spiro atoms. The van der Waals surface area contributed by atoms with Crippen molar-refractivity contribution in [1.29, 1.82) is 0 Å². The number of fused-ring (bicyclic) bond motifs is 2. The summed E-state index contributed by atoms with van der Waals surface area (Å²) in [5, 5.41) is 12.2. The van der Waals surface area contributed by atoms with Gasteiger partial charge < -0.3 is 9.84 Å². The fourth-order valence-electron chi connectivity index (χ4n) is 5.82. The smallest absolute Gasteiger partial charge is 0.301 e. The van der Waals surface area contributed by atoms with E-state index < -0.39 is 17.7 Å². The molecule has 3 aromatic carbocycles. The third-order valence-corrected chi connectivity index (χ3v) is 8.84. The van der Waals surface area contributed by atoms with E-state index in [4.69, 9.17) is 9.72 Å². The van der Waals surface area contributed by atoms with Gasteiger partial charge in [-0.1, -0.05) is 65.9 Å². The minimum Gasteiger partial charge on any atom is -0.505 e. The van der Waals surface area contributed by atoms with Gasteiger partial charge in [-0.15, -0.1) is 0 Å². The minimum atomic E-state index is -0.922. The molecule has 1 N–H and O–H groups in total. The van der Waals surface area contributed by atoms with Crippen LogP contribution in [0.1, 0.15) is 39.7 Å².